The Morgan fingerprint density at radius 3 is 2.67 bits per heavy atom. The van der Waals surface area contributed by atoms with Gasteiger partial charge in [0.15, 0.2) is 5.96 Å². The third-order valence-corrected chi connectivity index (χ3v) is 4.96. The SMILES string of the molecule is CN=C(NCCN(C)CCOC)N1CCN(c2ncc(Br)c(OC)n2)CC1. The summed E-state index contributed by atoms with van der Waals surface area (Å²) in [6.07, 6.45) is 1.73. The monoisotopic (exact) mass is 443 g/mol. The normalized spacial score (nSPS) is 15.4. The van der Waals surface area contributed by atoms with E-state index in [9.17, 15) is 0 Å². The van der Waals surface area contributed by atoms with E-state index in [4.69, 9.17) is 9.47 Å². The number of nitrogens with zero attached hydrogens (tertiary/aromatic N) is 6. The largest absolute Gasteiger partial charge is 0.480 e. The maximum Gasteiger partial charge on any atom is 0.232 e. The molecule has 0 atom stereocenters. The summed E-state index contributed by atoms with van der Waals surface area (Å²) in [7, 11) is 7.25. The molecule has 10 heteroatoms. The van der Waals surface area contributed by atoms with Gasteiger partial charge >= 0.3 is 0 Å². The summed E-state index contributed by atoms with van der Waals surface area (Å²) in [4.78, 5) is 20.0. The van der Waals surface area contributed by atoms with Crippen LogP contribution in [-0.4, -0.2) is 106 Å². The highest BCUT2D eigenvalue weighted by Gasteiger charge is 2.22. The first-order valence-corrected chi connectivity index (χ1v) is 9.83. The second-order valence-corrected chi connectivity index (χ2v) is 7.13. The van der Waals surface area contributed by atoms with E-state index in [2.05, 4.69) is 58.0 Å². The van der Waals surface area contributed by atoms with E-state index in [-0.39, 0.29) is 0 Å². The predicted octanol–water partition coefficient (Wildman–Crippen LogP) is 0.523. The molecule has 1 N–H and O–H groups in total. The molecule has 2 heterocycles. The van der Waals surface area contributed by atoms with Crippen molar-refractivity contribution >= 4 is 27.8 Å². The lowest BCUT2D eigenvalue weighted by Gasteiger charge is -2.36. The van der Waals surface area contributed by atoms with E-state index in [1.807, 2.05) is 7.05 Å². The number of anilines is 1. The Bertz CT molecular complexity index is 609. The fourth-order valence-electron chi connectivity index (χ4n) is 2.81. The summed E-state index contributed by atoms with van der Waals surface area (Å²) in [6.45, 7) is 6.84. The van der Waals surface area contributed by atoms with Gasteiger partial charge in [-0.05, 0) is 23.0 Å². The van der Waals surface area contributed by atoms with Crippen LogP contribution in [-0.2, 0) is 4.74 Å². The van der Waals surface area contributed by atoms with Gasteiger partial charge in [-0.3, -0.25) is 4.99 Å². The summed E-state index contributed by atoms with van der Waals surface area (Å²) < 4.78 is 11.1. The van der Waals surface area contributed by atoms with Crippen LogP contribution in [0.3, 0.4) is 0 Å². The minimum atomic E-state index is 0.553. The minimum Gasteiger partial charge on any atom is -0.480 e. The van der Waals surface area contributed by atoms with Crippen LogP contribution in [0.2, 0.25) is 0 Å². The fraction of sp³-hybridized carbons (Fsp3) is 0.706. The highest BCUT2D eigenvalue weighted by molar-refractivity contribution is 9.10. The molecule has 1 aliphatic heterocycles. The predicted molar refractivity (Wildman–Crippen MR) is 111 cm³/mol. The maximum absolute atomic E-state index is 5.27. The van der Waals surface area contributed by atoms with Gasteiger partial charge in [0, 0.05) is 60.0 Å². The number of likely N-dealkylation sites (N-methyl/N-ethyl adjacent to an activating group) is 1. The third-order valence-electron chi connectivity index (χ3n) is 4.42. The number of guanidine groups is 1. The van der Waals surface area contributed by atoms with E-state index >= 15 is 0 Å². The number of aliphatic imine (C=N–C) groups is 1. The number of hydrogen-bond donors (Lipinski definition) is 1. The Hall–Kier alpha value is -1.65. The fourth-order valence-corrected chi connectivity index (χ4v) is 3.16. The van der Waals surface area contributed by atoms with Crippen LogP contribution in [0.25, 0.3) is 0 Å². The zero-order valence-electron chi connectivity index (χ0n) is 16.6. The molecule has 0 aliphatic carbocycles. The summed E-state index contributed by atoms with van der Waals surface area (Å²) in [5.74, 6) is 2.18. The lowest BCUT2D eigenvalue weighted by atomic mass is 10.3. The number of hydrogen-bond acceptors (Lipinski definition) is 7. The number of halogens is 1. The van der Waals surface area contributed by atoms with Gasteiger partial charge in [0.1, 0.15) is 0 Å². The molecule has 0 amide bonds. The third kappa shape index (κ3) is 6.47. The van der Waals surface area contributed by atoms with Crippen LogP contribution in [0.1, 0.15) is 0 Å². The van der Waals surface area contributed by atoms with Gasteiger partial charge in [0.2, 0.25) is 11.8 Å². The molecule has 1 fully saturated rings. The second-order valence-electron chi connectivity index (χ2n) is 6.27. The summed E-state index contributed by atoms with van der Waals surface area (Å²) >= 11 is 3.39. The van der Waals surface area contributed by atoms with Crippen LogP contribution in [0.4, 0.5) is 5.95 Å². The minimum absolute atomic E-state index is 0.553. The van der Waals surface area contributed by atoms with Gasteiger partial charge in [0.25, 0.3) is 0 Å². The Balaban J connectivity index is 1.81. The van der Waals surface area contributed by atoms with E-state index in [0.29, 0.717) is 11.8 Å². The molecule has 1 aromatic heterocycles. The van der Waals surface area contributed by atoms with Crippen molar-refractivity contribution in [3.05, 3.63) is 10.7 Å². The van der Waals surface area contributed by atoms with Crippen molar-refractivity contribution in [2.75, 3.05) is 85.6 Å². The number of piperazine rings is 1. The van der Waals surface area contributed by atoms with Gasteiger partial charge in [0.05, 0.1) is 24.4 Å². The van der Waals surface area contributed by atoms with E-state index in [0.717, 1.165) is 62.9 Å². The Morgan fingerprint density at radius 2 is 2.04 bits per heavy atom. The lowest BCUT2D eigenvalue weighted by Crippen LogP contribution is -2.53. The summed E-state index contributed by atoms with van der Waals surface area (Å²) in [5.41, 5.74) is 0. The molecule has 0 radical (unpaired) electrons. The van der Waals surface area contributed by atoms with Crippen molar-refractivity contribution in [2.24, 2.45) is 4.99 Å². The molecule has 0 spiro atoms. The number of methoxy groups -OCH3 is 2. The molecule has 0 bridgehead atoms. The highest BCUT2D eigenvalue weighted by atomic mass is 79.9. The van der Waals surface area contributed by atoms with Gasteiger partial charge in [-0.25, -0.2) is 4.98 Å². The number of nitrogens with one attached hydrogen (secondary N) is 1. The van der Waals surface area contributed by atoms with Crippen LogP contribution in [0, 0.1) is 0 Å². The molecule has 1 saturated heterocycles. The van der Waals surface area contributed by atoms with Crippen molar-refractivity contribution in [2.45, 2.75) is 0 Å². The summed E-state index contributed by atoms with van der Waals surface area (Å²) in [6, 6.07) is 0. The van der Waals surface area contributed by atoms with Gasteiger partial charge in [-0.2, -0.15) is 4.98 Å². The smallest absolute Gasteiger partial charge is 0.232 e. The first-order valence-electron chi connectivity index (χ1n) is 9.03. The quantitative estimate of drug-likeness (QED) is 0.460. The molecule has 1 aromatic rings. The molecule has 2 rings (SSSR count). The van der Waals surface area contributed by atoms with Crippen LogP contribution in [0.5, 0.6) is 5.88 Å². The molecular formula is C17H30BrN7O2. The number of aromatic nitrogens is 2. The van der Waals surface area contributed by atoms with Crippen molar-refractivity contribution in [1.82, 2.24) is 25.1 Å². The van der Waals surface area contributed by atoms with Crippen molar-refractivity contribution < 1.29 is 9.47 Å². The first kappa shape index (κ1) is 21.6. The Labute approximate surface area is 169 Å². The summed E-state index contributed by atoms with van der Waals surface area (Å²) in [5, 5.41) is 3.44. The second kappa shape index (κ2) is 11.3. The average molecular weight is 444 g/mol. The zero-order chi connectivity index (χ0) is 19.6. The topological polar surface area (TPSA) is 78.4 Å². The van der Waals surface area contributed by atoms with Gasteiger partial charge in [-0.15, -0.1) is 0 Å². The average Bonchev–Trinajstić information content (AvgIpc) is 2.70. The highest BCUT2D eigenvalue weighted by Crippen LogP contribution is 2.23. The number of ether oxygens (including phenoxy) is 2. The molecule has 0 saturated carbocycles. The van der Waals surface area contributed by atoms with Crippen LogP contribution < -0.4 is 15.0 Å². The first-order chi connectivity index (χ1) is 13.1. The molecule has 9 nitrogen and oxygen atoms in total. The molecule has 0 unspecified atom stereocenters. The molecule has 27 heavy (non-hydrogen) atoms. The molecule has 1 aliphatic rings. The zero-order valence-corrected chi connectivity index (χ0v) is 18.2. The van der Waals surface area contributed by atoms with Crippen LogP contribution in [0.15, 0.2) is 15.7 Å². The molecule has 152 valence electrons. The van der Waals surface area contributed by atoms with E-state index < -0.39 is 0 Å². The molecular weight excluding hydrogens is 414 g/mol. The van der Waals surface area contributed by atoms with Crippen molar-refractivity contribution in [3.8, 4) is 5.88 Å². The van der Waals surface area contributed by atoms with Crippen molar-refractivity contribution in [1.29, 1.82) is 0 Å². The molecule has 0 aromatic carbocycles. The number of rotatable bonds is 8. The van der Waals surface area contributed by atoms with E-state index in [1.165, 1.54) is 0 Å². The standard InChI is InChI=1S/C17H30BrN7O2/c1-19-16(20-5-6-23(2)11-12-26-3)24-7-9-25(10-8-24)17-21-13-14(18)15(22-17)27-4/h13H,5-12H2,1-4H3,(H,19,20). The lowest BCUT2D eigenvalue weighted by molar-refractivity contribution is 0.162. The van der Waals surface area contributed by atoms with Crippen molar-refractivity contribution in [3.63, 3.8) is 0 Å². The van der Waals surface area contributed by atoms with E-state index in [1.54, 1.807) is 20.4 Å². The van der Waals surface area contributed by atoms with Gasteiger partial charge in [-0.1, -0.05) is 0 Å². The maximum atomic E-state index is 5.27. The van der Waals surface area contributed by atoms with Gasteiger partial charge < -0.3 is 29.5 Å². The Morgan fingerprint density at radius 1 is 1.30 bits per heavy atom. The van der Waals surface area contributed by atoms with Crippen LogP contribution >= 0.6 is 15.9 Å². The Kier molecular flexibility index (Phi) is 9.02.